The minimum absolute atomic E-state index is 0.113. The van der Waals surface area contributed by atoms with E-state index in [1.54, 1.807) is 13.8 Å². The van der Waals surface area contributed by atoms with Crippen molar-refractivity contribution in [3.8, 4) is 0 Å². The number of thioether (sulfide) groups is 1. The van der Waals surface area contributed by atoms with Crippen molar-refractivity contribution in [2.24, 2.45) is 0 Å². The Morgan fingerprint density at radius 1 is 1.31 bits per heavy atom. The highest BCUT2D eigenvalue weighted by molar-refractivity contribution is 8.14. The smallest absolute Gasteiger partial charge is 0.186 e. The topological polar surface area (TPSA) is 34.1 Å². The molecule has 1 atom stereocenters. The summed E-state index contributed by atoms with van der Waals surface area (Å²) >= 11 is 1.31. The van der Waals surface area contributed by atoms with Crippen molar-refractivity contribution in [1.29, 1.82) is 0 Å². The molecule has 76 valence electrons. The summed E-state index contributed by atoms with van der Waals surface area (Å²) in [5.74, 6) is 0.176. The Hall–Kier alpha value is -0.310. The third kappa shape index (κ3) is 8.03. The largest absolute Gasteiger partial charge is 0.300 e. The van der Waals surface area contributed by atoms with E-state index in [0.717, 1.165) is 19.3 Å². The minimum atomic E-state index is 0.113. The molecular weight excluding hydrogens is 184 g/mol. The summed E-state index contributed by atoms with van der Waals surface area (Å²) in [6.07, 6.45) is 3.72. The molecule has 0 aromatic carbocycles. The summed E-state index contributed by atoms with van der Waals surface area (Å²) in [6, 6.07) is 0. The fourth-order valence-electron chi connectivity index (χ4n) is 1.19. The Balaban J connectivity index is 3.87. The van der Waals surface area contributed by atoms with Crippen molar-refractivity contribution >= 4 is 22.7 Å². The number of hydrogen-bond donors (Lipinski definition) is 0. The van der Waals surface area contributed by atoms with E-state index >= 15 is 0 Å². The lowest BCUT2D eigenvalue weighted by atomic mass is 10.1. The van der Waals surface area contributed by atoms with Crippen LogP contribution in [0.5, 0.6) is 0 Å². The van der Waals surface area contributed by atoms with E-state index < -0.39 is 0 Å². The van der Waals surface area contributed by atoms with Crippen LogP contribution in [0.25, 0.3) is 0 Å². The first-order chi connectivity index (χ1) is 6.06. The van der Waals surface area contributed by atoms with E-state index in [1.165, 1.54) is 11.8 Å². The van der Waals surface area contributed by atoms with E-state index in [1.807, 2.05) is 0 Å². The average Bonchev–Trinajstić information content (AvgIpc) is 1.98. The fraction of sp³-hybridized carbons (Fsp3) is 0.800. The van der Waals surface area contributed by atoms with Gasteiger partial charge in [-0.1, -0.05) is 31.5 Å². The van der Waals surface area contributed by atoms with Crippen LogP contribution in [0.3, 0.4) is 0 Å². The summed E-state index contributed by atoms with van der Waals surface area (Å²) < 4.78 is 0. The zero-order valence-electron chi connectivity index (χ0n) is 8.63. The predicted molar refractivity (Wildman–Crippen MR) is 56.9 cm³/mol. The number of Topliss-reactive ketones (excluding diaryl/α,β-unsaturated/α-hetero) is 1. The number of carbonyl (C=O) groups is 2. The Labute approximate surface area is 84.5 Å². The number of unbranched alkanes of at least 4 members (excludes halogenated alkanes) is 1. The van der Waals surface area contributed by atoms with E-state index in [0.29, 0.717) is 6.42 Å². The van der Waals surface area contributed by atoms with E-state index in [2.05, 4.69) is 6.92 Å². The normalized spacial score (nSPS) is 12.5. The Morgan fingerprint density at radius 2 is 1.92 bits per heavy atom. The zero-order chi connectivity index (χ0) is 10.3. The first kappa shape index (κ1) is 12.7. The second-order valence-corrected chi connectivity index (χ2v) is 4.76. The van der Waals surface area contributed by atoms with Gasteiger partial charge in [0.2, 0.25) is 0 Å². The first-order valence-electron chi connectivity index (χ1n) is 4.73. The lowest BCUT2D eigenvalue weighted by molar-refractivity contribution is -0.117. The molecule has 0 fully saturated rings. The third-order valence-corrected chi connectivity index (χ3v) is 2.80. The highest BCUT2D eigenvalue weighted by atomic mass is 32.2. The van der Waals surface area contributed by atoms with Crippen LogP contribution in [-0.4, -0.2) is 16.1 Å². The van der Waals surface area contributed by atoms with Crippen LogP contribution in [0, 0.1) is 0 Å². The van der Waals surface area contributed by atoms with Crippen LogP contribution in [0.1, 0.15) is 46.5 Å². The Kier molecular flexibility index (Phi) is 6.96. The second-order valence-electron chi connectivity index (χ2n) is 3.28. The maximum atomic E-state index is 10.9. The second kappa shape index (κ2) is 7.13. The summed E-state index contributed by atoms with van der Waals surface area (Å²) in [5.41, 5.74) is 0. The maximum absolute atomic E-state index is 10.9. The summed E-state index contributed by atoms with van der Waals surface area (Å²) in [4.78, 5) is 21.7. The van der Waals surface area contributed by atoms with Crippen LogP contribution in [0.2, 0.25) is 0 Å². The molecule has 0 heterocycles. The molecule has 0 bridgehead atoms. The van der Waals surface area contributed by atoms with Crippen LogP contribution >= 0.6 is 11.8 Å². The number of carbonyl (C=O) groups excluding carboxylic acids is 2. The molecule has 0 unspecified atom stereocenters. The molecule has 0 rings (SSSR count). The van der Waals surface area contributed by atoms with Crippen LogP contribution in [0.4, 0.5) is 0 Å². The van der Waals surface area contributed by atoms with Crippen LogP contribution in [-0.2, 0) is 9.59 Å². The van der Waals surface area contributed by atoms with Crippen molar-refractivity contribution in [2.45, 2.75) is 51.7 Å². The van der Waals surface area contributed by atoms with Gasteiger partial charge in [0.15, 0.2) is 5.12 Å². The molecule has 0 aromatic rings. The van der Waals surface area contributed by atoms with Gasteiger partial charge in [0.05, 0.1) is 0 Å². The van der Waals surface area contributed by atoms with E-state index in [-0.39, 0.29) is 16.1 Å². The molecular formula is C10H18O2S. The first-order valence-corrected chi connectivity index (χ1v) is 5.60. The maximum Gasteiger partial charge on any atom is 0.186 e. The monoisotopic (exact) mass is 202 g/mol. The SMILES string of the molecule is CCCC[C@@H](CC(C)=O)SC(C)=O. The summed E-state index contributed by atoms with van der Waals surface area (Å²) in [6.45, 7) is 5.26. The molecule has 0 saturated carbocycles. The average molecular weight is 202 g/mol. The van der Waals surface area contributed by atoms with Gasteiger partial charge < -0.3 is 0 Å². The van der Waals surface area contributed by atoms with Gasteiger partial charge >= 0.3 is 0 Å². The van der Waals surface area contributed by atoms with Gasteiger partial charge in [-0.05, 0) is 13.3 Å². The van der Waals surface area contributed by atoms with Crippen LogP contribution in [0.15, 0.2) is 0 Å². The minimum Gasteiger partial charge on any atom is -0.300 e. The highest BCUT2D eigenvalue weighted by Crippen LogP contribution is 2.21. The summed E-state index contributed by atoms with van der Waals surface area (Å²) in [5, 5.41) is 0.317. The molecule has 13 heavy (non-hydrogen) atoms. The molecule has 0 N–H and O–H groups in total. The van der Waals surface area contributed by atoms with Crippen molar-refractivity contribution < 1.29 is 9.59 Å². The van der Waals surface area contributed by atoms with E-state index in [9.17, 15) is 9.59 Å². The van der Waals surface area contributed by atoms with Crippen molar-refractivity contribution in [1.82, 2.24) is 0 Å². The number of rotatable bonds is 6. The standard InChI is InChI=1S/C10H18O2S/c1-4-5-6-10(7-8(2)11)13-9(3)12/h10H,4-7H2,1-3H3/t10-/m0/s1. The van der Waals surface area contributed by atoms with Crippen LogP contribution < -0.4 is 0 Å². The van der Waals surface area contributed by atoms with Crippen molar-refractivity contribution in [3.05, 3.63) is 0 Å². The van der Waals surface area contributed by atoms with Crippen molar-refractivity contribution in [2.75, 3.05) is 0 Å². The molecule has 0 aliphatic carbocycles. The van der Waals surface area contributed by atoms with Gasteiger partial charge in [-0.25, -0.2) is 0 Å². The lowest BCUT2D eigenvalue weighted by Crippen LogP contribution is -2.10. The molecule has 0 aliphatic rings. The van der Waals surface area contributed by atoms with Crippen molar-refractivity contribution in [3.63, 3.8) is 0 Å². The quantitative estimate of drug-likeness (QED) is 0.664. The van der Waals surface area contributed by atoms with Gasteiger partial charge in [-0.15, -0.1) is 0 Å². The molecule has 0 aliphatic heterocycles. The van der Waals surface area contributed by atoms with Gasteiger partial charge in [0, 0.05) is 18.6 Å². The van der Waals surface area contributed by atoms with Gasteiger partial charge in [-0.2, -0.15) is 0 Å². The van der Waals surface area contributed by atoms with Gasteiger partial charge in [0.25, 0.3) is 0 Å². The highest BCUT2D eigenvalue weighted by Gasteiger charge is 2.13. The third-order valence-electron chi connectivity index (χ3n) is 1.73. The Morgan fingerprint density at radius 3 is 2.31 bits per heavy atom. The molecule has 0 amide bonds. The summed E-state index contributed by atoms with van der Waals surface area (Å²) in [7, 11) is 0. The van der Waals surface area contributed by atoms with Gasteiger partial charge in [-0.3, -0.25) is 9.59 Å². The molecule has 0 saturated heterocycles. The fourth-order valence-corrected chi connectivity index (χ4v) is 2.26. The molecule has 2 nitrogen and oxygen atoms in total. The Bertz CT molecular complexity index is 162. The molecule has 0 radical (unpaired) electrons. The predicted octanol–water partition coefficient (Wildman–Crippen LogP) is 2.80. The number of ketones is 1. The molecule has 0 spiro atoms. The zero-order valence-corrected chi connectivity index (χ0v) is 9.45. The molecule has 3 heteroatoms. The lowest BCUT2D eigenvalue weighted by Gasteiger charge is -2.11. The number of hydrogen-bond acceptors (Lipinski definition) is 3. The molecule has 0 aromatic heterocycles. The van der Waals surface area contributed by atoms with Gasteiger partial charge in [0.1, 0.15) is 5.78 Å². The van der Waals surface area contributed by atoms with E-state index in [4.69, 9.17) is 0 Å².